The molecule has 1 heterocycles. The number of fused-ring (bicyclic) bond motifs is 1. The summed E-state index contributed by atoms with van der Waals surface area (Å²) in [5.74, 6) is -2.86. The van der Waals surface area contributed by atoms with Crippen molar-refractivity contribution in [1.29, 1.82) is 0 Å². The third-order valence-corrected chi connectivity index (χ3v) is 6.29. The van der Waals surface area contributed by atoms with Crippen LogP contribution in [0.15, 0.2) is 46.6 Å². The molecule has 0 amide bonds. The van der Waals surface area contributed by atoms with Gasteiger partial charge in [0.15, 0.2) is 23.3 Å². The van der Waals surface area contributed by atoms with Crippen molar-refractivity contribution in [2.45, 2.75) is 96.9 Å². The predicted octanol–water partition coefficient (Wildman–Crippen LogP) is 4.17. The third-order valence-electron chi connectivity index (χ3n) is 6.29. The van der Waals surface area contributed by atoms with E-state index < -0.39 is 54.5 Å². The smallest absolute Gasteiger partial charge is 0.309 e. The fourth-order valence-electron chi connectivity index (χ4n) is 4.09. The summed E-state index contributed by atoms with van der Waals surface area (Å²) in [6.07, 6.45) is 9.65. The summed E-state index contributed by atoms with van der Waals surface area (Å²) in [6.45, 7) is 9.09. The number of carbonyl (C=O) groups excluding carboxylic acids is 3. The number of carboxylic acids is 1. The highest BCUT2D eigenvalue weighted by Crippen LogP contribution is 2.46. The monoisotopic (exact) mass is 502 g/mol. The molecule has 1 fully saturated rings. The number of carbonyl (C=O) groups is 4. The van der Waals surface area contributed by atoms with Crippen molar-refractivity contribution in [3.8, 4) is 0 Å². The van der Waals surface area contributed by atoms with Crippen molar-refractivity contribution < 1.29 is 38.9 Å². The lowest BCUT2D eigenvalue weighted by molar-refractivity contribution is -0.151. The van der Waals surface area contributed by atoms with Gasteiger partial charge in [0.25, 0.3) is 0 Å². The molecule has 2 N–H and O–H groups in total. The number of rotatable bonds is 14. The number of hydrogen-bond acceptors (Lipinski definition) is 7. The number of ether oxygens (including phenoxy) is 2. The van der Waals surface area contributed by atoms with Crippen LogP contribution in [-0.4, -0.2) is 57.6 Å². The molecule has 0 aromatic rings. The predicted molar refractivity (Wildman–Crippen MR) is 134 cm³/mol. The lowest BCUT2D eigenvalue weighted by atomic mass is 9.85. The van der Waals surface area contributed by atoms with Crippen LogP contribution < -0.4 is 0 Å². The normalized spacial score (nSPS) is 23.4. The Kier molecular flexibility index (Phi) is 10.1. The molecule has 0 saturated carbocycles. The lowest BCUT2D eigenvalue weighted by Gasteiger charge is -2.20. The number of hydrogen-bond donors (Lipinski definition) is 2. The van der Waals surface area contributed by atoms with Crippen LogP contribution in [-0.2, 0) is 28.7 Å². The summed E-state index contributed by atoms with van der Waals surface area (Å²) >= 11 is 0. The first-order chi connectivity index (χ1) is 16.8. The molecule has 8 heteroatoms. The van der Waals surface area contributed by atoms with Gasteiger partial charge in [0.1, 0.15) is 6.61 Å². The molecule has 1 saturated heterocycles. The fraction of sp³-hybridized carbons (Fsp3) is 0.571. The Hall–Kier alpha value is -2.84. The first-order valence-corrected chi connectivity index (χ1v) is 12.3. The minimum Gasteiger partial charge on any atom is -0.481 e. The van der Waals surface area contributed by atoms with Crippen LogP contribution >= 0.6 is 0 Å². The minimum atomic E-state index is -1.78. The van der Waals surface area contributed by atoms with E-state index in [2.05, 4.69) is 32.9 Å². The van der Waals surface area contributed by atoms with E-state index in [9.17, 15) is 24.3 Å². The van der Waals surface area contributed by atoms with E-state index in [0.29, 0.717) is 6.42 Å². The average Bonchev–Trinajstić information content (AvgIpc) is 3.49. The summed E-state index contributed by atoms with van der Waals surface area (Å²) in [5.41, 5.74) is 0.863. The molecular weight excluding hydrogens is 464 g/mol. The highest BCUT2D eigenvalue weighted by Gasteiger charge is 2.66. The van der Waals surface area contributed by atoms with Crippen LogP contribution in [0.4, 0.5) is 0 Å². The first-order valence-electron chi connectivity index (χ1n) is 12.3. The number of ketones is 2. The molecule has 36 heavy (non-hydrogen) atoms. The van der Waals surface area contributed by atoms with Crippen molar-refractivity contribution in [3.05, 3.63) is 46.6 Å². The van der Waals surface area contributed by atoms with Gasteiger partial charge in [-0.15, -0.1) is 0 Å². The maximum atomic E-state index is 12.7. The van der Waals surface area contributed by atoms with E-state index in [0.717, 1.165) is 37.3 Å². The van der Waals surface area contributed by atoms with E-state index in [-0.39, 0.29) is 11.4 Å². The van der Waals surface area contributed by atoms with Gasteiger partial charge in [0.2, 0.25) is 0 Å². The van der Waals surface area contributed by atoms with Crippen LogP contribution in [0.3, 0.4) is 0 Å². The zero-order chi connectivity index (χ0) is 27.1. The summed E-state index contributed by atoms with van der Waals surface area (Å²) in [5, 5.41) is 18.7. The van der Waals surface area contributed by atoms with E-state index in [1.165, 1.54) is 18.1 Å². The molecule has 0 spiro atoms. The maximum Gasteiger partial charge on any atom is 0.309 e. The van der Waals surface area contributed by atoms with Crippen molar-refractivity contribution in [3.63, 3.8) is 0 Å². The van der Waals surface area contributed by atoms with Crippen LogP contribution in [0.5, 0.6) is 0 Å². The molecule has 8 nitrogen and oxygen atoms in total. The van der Waals surface area contributed by atoms with Gasteiger partial charge in [-0.3, -0.25) is 19.2 Å². The van der Waals surface area contributed by atoms with Crippen molar-refractivity contribution in [2.75, 3.05) is 6.61 Å². The minimum absolute atomic E-state index is 0.0266. The molecule has 198 valence electrons. The Morgan fingerprint density at radius 1 is 1.06 bits per heavy atom. The Labute approximate surface area is 212 Å². The van der Waals surface area contributed by atoms with Gasteiger partial charge in [-0.05, 0) is 66.4 Å². The molecule has 0 aromatic carbocycles. The molecular formula is C28H38O8. The Balaban J connectivity index is 1.86. The fourth-order valence-corrected chi connectivity index (χ4v) is 4.09. The topological polar surface area (TPSA) is 130 Å². The van der Waals surface area contributed by atoms with Gasteiger partial charge >= 0.3 is 11.9 Å². The van der Waals surface area contributed by atoms with Crippen LogP contribution in [0, 0.1) is 0 Å². The summed E-state index contributed by atoms with van der Waals surface area (Å²) in [6, 6.07) is 0. The van der Waals surface area contributed by atoms with Gasteiger partial charge in [-0.25, -0.2) is 0 Å². The standard InChI is InChI=1S/C28H38O8/c1-18(2)8-6-9-19(3)10-7-11-20(4)12-13-28-22(29)14-21(25(33)26(28)36-28)17-35-24(32)16-27(5,34)15-23(30)31/h8,10,12,14,26,34H,6-7,9,11,13,15-17H2,1-5H3,(H,30,31)/b19-10+,20-12+/t26-,27?,28+/m0/s1. The number of epoxide rings is 1. The van der Waals surface area contributed by atoms with Crippen LogP contribution in [0.25, 0.3) is 0 Å². The second-order valence-corrected chi connectivity index (χ2v) is 10.4. The first kappa shape index (κ1) is 29.4. The molecule has 1 aliphatic carbocycles. The van der Waals surface area contributed by atoms with E-state index in [1.807, 2.05) is 13.0 Å². The van der Waals surface area contributed by atoms with Gasteiger partial charge < -0.3 is 19.7 Å². The third kappa shape index (κ3) is 8.68. The van der Waals surface area contributed by atoms with Gasteiger partial charge in [-0.2, -0.15) is 0 Å². The summed E-state index contributed by atoms with van der Waals surface area (Å²) < 4.78 is 10.6. The molecule has 0 radical (unpaired) electrons. The molecule has 0 bridgehead atoms. The lowest BCUT2D eigenvalue weighted by Crippen LogP contribution is -2.36. The van der Waals surface area contributed by atoms with E-state index in [1.54, 1.807) is 0 Å². The van der Waals surface area contributed by atoms with E-state index in [4.69, 9.17) is 14.6 Å². The molecule has 0 aromatic heterocycles. The van der Waals surface area contributed by atoms with E-state index >= 15 is 0 Å². The van der Waals surface area contributed by atoms with Gasteiger partial charge in [0, 0.05) is 12.0 Å². The quantitative estimate of drug-likeness (QED) is 0.206. The number of aliphatic carboxylic acids is 1. The average molecular weight is 503 g/mol. The number of allylic oxidation sites excluding steroid dienone is 5. The summed E-state index contributed by atoms with van der Waals surface area (Å²) in [4.78, 5) is 48.1. The van der Waals surface area contributed by atoms with Gasteiger partial charge in [-0.1, -0.05) is 34.9 Å². The summed E-state index contributed by atoms with van der Waals surface area (Å²) in [7, 11) is 0. The molecule has 3 atom stereocenters. The van der Waals surface area contributed by atoms with Crippen LogP contribution in [0.1, 0.15) is 79.6 Å². The number of Topliss-reactive ketones (excluding diaryl/α,β-unsaturated/α-hetero) is 1. The number of esters is 1. The molecule has 2 rings (SSSR count). The second kappa shape index (κ2) is 12.4. The SMILES string of the molecule is CC(C)=CCC/C(C)=C/CC/C(C)=C/C[C@]12O[C@H]1C(=O)C(COC(=O)CC(C)(O)CC(=O)O)=CC2=O. The Morgan fingerprint density at radius 2 is 1.67 bits per heavy atom. The zero-order valence-electron chi connectivity index (χ0n) is 21.9. The Bertz CT molecular complexity index is 1010. The Morgan fingerprint density at radius 3 is 2.28 bits per heavy atom. The number of aliphatic hydroxyl groups is 1. The second-order valence-electron chi connectivity index (χ2n) is 10.4. The largest absolute Gasteiger partial charge is 0.481 e. The van der Waals surface area contributed by atoms with Crippen molar-refractivity contribution in [2.24, 2.45) is 0 Å². The van der Waals surface area contributed by atoms with Crippen molar-refractivity contribution in [1.82, 2.24) is 0 Å². The highest BCUT2D eigenvalue weighted by atomic mass is 16.6. The van der Waals surface area contributed by atoms with Crippen molar-refractivity contribution >= 4 is 23.5 Å². The number of carboxylic acid groups (broad SMARTS) is 1. The maximum absolute atomic E-state index is 12.7. The molecule has 1 unspecified atom stereocenters. The van der Waals surface area contributed by atoms with Crippen LogP contribution in [0.2, 0.25) is 0 Å². The van der Waals surface area contributed by atoms with Gasteiger partial charge in [0.05, 0.1) is 18.4 Å². The highest BCUT2D eigenvalue weighted by molar-refractivity contribution is 6.18. The molecule has 1 aliphatic heterocycles. The zero-order valence-corrected chi connectivity index (χ0v) is 21.9. The molecule has 2 aliphatic rings.